The van der Waals surface area contributed by atoms with Crippen molar-refractivity contribution in [2.75, 3.05) is 39.3 Å². The zero-order valence-corrected chi connectivity index (χ0v) is 15.5. The molecule has 1 saturated heterocycles. The van der Waals surface area contributed by atoms with Crippen LogP contribution in [0.15, 0.2) is 24.3 Å². The van der Waals surface area contributed by atoms with E-state index in [1.54, 1.807) is 0 Å². The van der Waals surface area contributed by atoms with Crippen LogP contribution in [0.5, 0.6) is 0 Å². The minimum absolute atomic E-state index is 0.0899. The molecule has 0 saturated carbocycles. The summed E-state index contributed by atoms with van der Waals surface area (Å²) in [6.45, 7) is 7.58. The van der Waals surface area contributed by atoms with Gasteiger partial charge in [-0.15, -0.1) is 0 Å². The molecule has 2 rings (SSSR count). The molecule has 1 heterocycles. The van der Waals surface area contributed by atoms with E-state index in [2.05, 4.69) is 17.1 Å². The molecule has 0 aliphatic carbocycles. The fourth-order valence-corrected chi connectivity index (χ4v) is 3.17. The largest absolute Gasteiger partial charge is 0.338 e. The number of hydrogen-bond donors (Lipinski definition) is 1. The highest BCUT2D eigenvalue weighted by Gasteiger charge is 2.20. The second-order valence-electron chi connectivity index (χ2n) is 6.85. The van der Waals surface area contributed by atoms with Gasteiger partial charge in [-0.1, -0.05) is 31.9 Å². The van der Waals surface area contributed by atoms with Crippen molar-refractivity contribution >= 4 is 6.03 Å². The third-order valence-electron chi connectivity index (χ3n) is 4.82. The van der Waals surface area contributed by atoms with Gasteiger partial charge in [0.25, 0.3) is 0 Å². The first-order valence-corrected chi connectivity index (χ1v) is 9.68. The predicted molar refractivity (Wildman–Crippen MR) is 100 cm³/mol. The highest BCUT2D eigenvalue weighted by atomic mass is 19.1. The lowest BCUT2D eigenvalue weighted by molar-refractivity contribution is 0.138. The van der Waals surface area contributed by atoms with Gasteiger partial charge in [-0.05, 0) is 49.9 Å². The van der Waals surface area contributed by atoms with Gasteiger partial charge in [0.1, 0.15) is 5.82 Å². The van der Waals surface area contributed by atoms with Crippen molar-refractivity contribution in [3.63, 3.8) is 0 Å². The van der Waals surface area contributed by atoms with E-state index in [0.29, 0.717) is 0 Å². The summed E-state index contributed by atoms with van der Waals surface area (Å²) >= 11 is 0. The summed E-state index contributed by atoms with van der Waals surface area (Å²) in [4.78, 5) is 16.4. The number of nitrogens with one attached hydrogen (secondary N) is 1. The average molecular weight is 349 g/mol. The molecule has 1 N–H and O–H groups in total. The Morgan fingerprint density at radius 3 is 2.44 bits per heavy atom. The van der Waals surface area contributed by atoms with Gasteiger partial charge in [-0.2, -0.15) is 0 Å². The van der Waals surface area contributed by atoms with Gasteiger partial charge in [0.15, 0.2) is 0 Å². The molecule has 4 nitrogen and oxygen atoms in total. The first-order valence-electron chi connectivity index (χ1n) is 9.68. The molecule has 25 heavy (non-hydrogen) atoms. The van der Waals surface area contributed by atoms with Gasteiger partial charge in [-0.3, -0.25) is 4.90 Å². The maximum atomic E-state index is 12.9. The van der Waals surface area contributed by atoms with E-state index in [9.17, 15) is 9.18 Å². The second-order valence-corrected chi connectivity index (χ2v) is 6.85. The van der Waals surface area contributed by atoms with Gasteiger partial charge >= 0.3 is 6.03 Å². The number of nitrogens with zero attached hydrogens (tertiary/aromatic N) is 2. The van der Waals surface area contributed by atoms with Crippen LogP contribution in [-0.2, 0) is 6.42 Å². The van der Waals surface area contributed by atoms with Crippen molar-refractivity contribution in [2.45, 2.75) is 45.4 Å². The lowest BCUT2D eigenvalue weighted by Crippen LogP contribution is -2.52. The van der Waals surface area contributed by atoms with Crippen molar-refractivity contribution in [2.24, 2.45) is 0 Å². The van der Waals surface area contributed by atoms with Crippen LogP contribution in [0.3, 0.4) is 0 Å². The van der Waals surface area contributed by atoms with Gasteiger partial charge in [-0.25, -0.2) is 9.18 Å². The molecule has 1 aromatic carbocycles. The predicted octanol–water partition coefficient (Wildman–Crippen LogP) is 3.67. The molecule has 1 aromatic rings. The van der Waals surface area contributed by atoms with Crippen LogP contribution in [0, 0.1) is 5.82 Å². The van der Waals surface area contributed by atoms with Gasteiger partial charge < -0.3 is 10.2 Å². The topological polar surface area (TPSA) is 35.6 Å². The average Bonchev–Trinajstić information content (AvgIpc) is 2.64. The van der Waals surface area contributed by atoms with Crippen LogP contribution in [-0.4, -0.2) is 55.1 Å². The first-order chi connectivity index (χ1) is 12.2. The summed E-state index contributed by atoms with van der Waals surface area (Å²) in [5, 5.41) is 3.02. The number of aryl methyl sites for hydroxylation is 1. The monoisotopic (exact) mass is 349 g/mol. The number of amides is 2. The van der Waals surface area contributed by atoms with Crippen LogP contribution in [0.25, 0.3) is 0 Å². The van der Waals surface area contributed by atoms with E-state index in [1.165, 1.54) is 30.5 Å². The Kier molecular flexibility index (Phi) is 8.73. The maximum absolute atomic E-state index is 12.9. The molecule has 1 aliphatic rings. The van der Waals surface area contributed by atoms with Gasteiger partial charge in [0.05, 0.1) is 0 Å². The minimum Gasteiger partial charge on any atom is -0.338 e. The summed E-state index contributed by atoms with van der Waals surface area (Å²) in [5.41, 5.74) is 1.20. The molecule has 5 heteroatoms. The highest BCUT2D eigenvalue weighted by molar-refractivity contribution is 5.74. The maximum Gasteiger partial charge on any atom is 0.317 e. The fraction of sp³-hybridized carbons (Fsp3) is 0.650. The van der Waals surface area contributed by atoms with Crippen LogP contribution in [0.1, 0.15) is 44.6 Å². The molecule has 0 unspecified atom stereocenters. The van der Waals surface area contributed by atoms with Crippen LogP contribution < -0.4 is 5.32 Å². The van der Waals surface area contributed by atoms with Crippen molar-refractivity contribution in [1.29, 1.82) is 0 Å². The molecule has 2 amide bonds. The van der Waals surface area contributed by atoms with Crippen LogP contribution in [0.4, 0.5) is 9.18 Å². The number of carbonyl (C=O) groups is 1. The summed E-state index contributed by atoms with van der Waals surface area (Å²) in [6.07, 6.45) is 6.67. The Labute approximate surface area is 151 Å². The number of rotatable bonds is 9. The summed E-state index contributed by atoms with van der Waals surface area (Å²) in [6, 6.07) is 6.89. The molecule has 1 fully saturated rings. The van der Waals surface area contributed by atoms with Crippen molar-refractivity contribution in [3.8, 4) is 0 Å². The summed E-state index contributed by atoms with van der Waals surface area (Å²) in [7, 11) is 0. The Morgan fingerprint density at radius 2 is 1.76 bits per heavy atom. The lowest BCUT2D eigenvalue weighted by atomic mass is 10.1. The number of hydrogen-bond acceptors (Lipinski definition) is 2. The number of benzene rings is 1. The molecule has 0 aromatic heterocycles. The highest BCUT2D eigenvalue weighted by Crippen LogP contribution is 2.09. The van der Waals surface area contributed by atoms with Crippen molar-refractivity contribution in [1.82, 2.24) is 15.1 Å². The second kappa shape index (κ2) is 11.1. The van der Waals surface area contributed by atoms with Crippen LogP contribution >= 0.6 is 0 Å². The van der Waals surface area contributed by atoms with E-state index < -0.39 is 0 Å². The molecule has 1 aliphatic heterocycles. The first kappa shape index (κ1) is 19.7. The molecular formula is C20H32FN3O. The summed E-state index contributed by atoms with van der Waals surface area (Å²) < 4.78 is 12.9. The zero-order chi connectivity index (χ0) is 17.9. The van der Waals surface area contributed by atoms with E-state index in [4.69, 9.17) is 0 Å². The molecule has 0 bridgehead atoms. The molecular weight excluding hydrogens is 317 g/mol. The Bertz CT molecular complexity index is 498. The third-order valence-corrected chi connectivity index (χ3v) is 4.82. The van der Waals surface area contributed by atoms with Gasteiger partial charge in [0.2, 0.25) is 0 Å². The Morgan fingerprint density at radius 1 is 1.04 bits per heavy atom. The number of piperazine rings is 1. The smallest absolute Gasteiger partial charge is 0.317 e. The van der Waals surface area contributed by atoms with E-state index >= 15 is 0 Å². The molecule has 0 radical (unpaired) electrons. The van der Waals surface area contributed by atoms with Gasteiger partial charge in [0, 0.05) is 32.7 Å². The number of urea groups is 1. The molecule has 140 valence electrons. The number of carbonyl (C=O) groups excluding carboxylic acids is 1. The summed E-state index contributed by atoms with van der Waals surface area (Å²) in [5.74, 6) is -0.170. The van der Waals surface area contributed by atoms with E-state index in [-0.39, 0.29) is 11.8 Å². The fourth-order valence-electron chi connectivity index (χ4n) is 3.17. The number of halogens is 1. The third kappa shape index (κ3) is 7.43. The minimum atomic E-state index is -0.170. The lowest BCUT2D eigenvalue weighted by Gasteiger charge is -2.34. The van der Waals surface area contributed by atoms with E-state index in [0.717, 1.165) is 65.0 Å². The van der Waals surface area contributed by atoms with Crippen molar-refractivity contribution in [3.05, 3.63) is 35.6 Å². The quantitative estimate of drug-likeness (QED) is 0.691. The Balaban J connectivity index is 1.54. The van der Waals surface area contributed by atoms with E-state index in [1.807, 2.05) is 17.0 Å². The Hall–Kier alpha value is -1.62. The number of unbranched alkanes of at least 4 members (excludes halogenated alkanes) is 3. The normalized spacial score (nSPS) is 15.4. The standard InChI is InChI=1S/C20H32FN3O/c1-2-3-5-12-22-20(25)24-16-14-23(15-17-24)13-6-4-7-18-8-10-19(21)11-9-18/h8-11H,2-7,12-17H2,1H3,(H,22,25). The SMILES string of the molecule is CCCCCNC(=O)N1CCN(CCCCc2ccc(F)cc2)CC1. The molecule has 0 spiro atoms. The molecule has 0 atom stereocenters. The van der Waals surface area contributed by atoms with Crippen LogP contribution in [0.2, 0.25) is 0 Å². The van der Waals surface area contributed by atoms with Crippen molar-refractivity contribution < 1.29 is 9.18 Å². The zero-order valence-electron chi connectivity index (χ0n) is 15.5.